The van der Waals surface area contributed by atoms with Gasteiger partial charge in [0.15, 0.2) is 0 Å². The van der Waals surface area contributed by atoms with Crippen molar-refractivity contribution >= 4 is 39.1 Å². The lowest BCUT2D eigenvalue weighted by molar-refractivity contribution is -0.117. The highest BCUT2D eigenvalue weighted by atomic mass is 79.9. The smallest absolute Gasteiger partial charge is 0.228 e. The van der Waals surface area contributed by atoms with Crippen LogP contribution in [0, 0.1) is 11.3 Å². The van der Waals surface area contributed by atoms with Crippen molar-refractivity contribution in [3.63, 3.8) is 0 Å². The maximum atomic E-state index is 11.8. The molecule has 0 heterocycles. The quantitative estimate of drug-likeness (QED) is 0.876. The van der Waals surface area contributed by atoms with Gasteiger partial charge in [-0.05, 0) is 46.0 Å². The van der Waals surface area contributed by atoms with E-state index >= 15 is 0 Å². The largest absolute Gasteiger partial charge is 0.326 e. The van der Waals surface area contributed by atoms with Crippen LogP contribution in [0.15, 0.2) is 22.7 Å². The summed E-state index contributed by atoms with van der Waals surface area (Å²) >= 11 is 9.26. The summed E-state index contributed by atoms with van der Waals surface area (Å²) in [5.41, 5.74) is 0.907. The normalized spacial score (nSPS) is 21.6. The topological polar surface area (TPSA) is 29.1 Å². The van der Waals surface area contributed by atoms with Gasteiger partial charge in [-0.15, -0.1) is 0 Å². The highest BCUT2D eigenvalue weighted by molar-refractivity contribution is 9.10. The van der Waals surface area contributed by atoms with Gasteiger partial charge in [0.25, 0.3) is 0 Å². The number of amides is 1. The van der Waals surface area contributed by atoms with Crippen molar-refractivity contribution in [1.82, 2.24) is 0 Å². The lowest BCUT2D eigenvalue weighted by Crippen LogP contribution is -2.16. The molecule has 16 heavy (non-hydrogen) atoms. The fourth-order valence-electron chi connectivity index (χ4n) is 1.72. The second-order valence-corrected chi connectivity index (χ2v) is 6.12. The molecule has 2 rings (SSSR count). The minimum atomic E-state index is 0.0865. The van der Waals surface area contributed by atoms with Crippen LogP contribution < -0.4 is 5.32 Å². The van der Waals surface area contributed by atoms with Crippen molar-refractivity contribution in [2.45, 2.75) is 20.3 Å². The summed E-state index contributed by atoms with van der Waals surface area (Å²) in [5, 5.41) is 3.49. The van der Waals surface area contributed by atoms with Crippen LogP contribution in [0.5, 0.6) is 0 Å². The summed E-state index contributed by atoms with van der Waals surface area (Å²) < 4.78 is 0.832. The van der Waals surface area contributed by atoms with Crippen molar-refractivity contribution in [2.24, 2.45) is 11.3 Å². The third kappa shape index (κ3) is 2.41. The highest BCUT2D eigenvalue weighted by Gasteiger charge is 2.50. The summed E-state index contributed by atoms with van der Waals surface area (Å²) in [7, 11) is 0. The Balaban J connectivity index is 2.05. The Morgan fingerprint density at radius 1 is 1.56 bits per heavy atom. The standard InChI is InChI=1S/C12H13BrClNO/c1-12(2)6-8(12)11(16)15-7-3-4-9(13)10(14)5-7/h3-5,8H,6H2,1-2H3,(H,15,16). The second kappa shape index (κ2) is 4.04. The molecule has 1 aromatic rings. The van der Waals surface area contributed by atoms with Crippen molar-refractivity contribution in [1.29, 1.82) is 0 Å². The van der Waals surface area contributed by atoms with Crippen molar-refractivity contribution in [3.05, 3.63) is 27.7 Å². The molecule has 1 fully saturated rings. The van der Waals surface area contributed by atoms with E-state index in [9.17, 15) is 4.79 Å². The molecule has 2 nitrogen and oxygen atoms in total. The van der Waals surface area contributed by atoms with Crippen molar-refractivity contribution in [3.8, 4) is 0 Å². The van der Waals surface area contributed by atoms with Gasteiger partial charge in [0, 0.05) is 16.1 Å². The second-order valence-electron chi connectivity index (χ2n) is 4.86. The Labute approximate surface area is 108 Å². The first-order valence-electron chi connectivity index (χ1n) is 5.16. The zero-order chi connectivity index (χ0) is 11.9. The number of hydrogen-bond acceptors (Lipinski definition) is 1. The van der Waals surface area contributed by atoms with E-state index in [1.807, 2.05) is 12.1 Å². The molecule has 1 unspecified atom stereocenters. The van der Waals surface area contributed by atoms with Gasteiger partial charge in [-0.2, -0.15) is 0 Å². The molecule has 1 aliphatic rings. The molecule has 1 saturated carbocycles. The van der Waals surface area contributed by atoms with E-state index in [0.29, 0.717) is 5.02 Å². The van der Waals surface area contributed by atoms with Crippen LogP contribution in [0.25, 0.3) is 0 Å². The van der Waals surface area contributed by atoms with E-state index in [-0.39, 0.29) is 17.2 Å². The minimum absolute atomic E-state index is 0.0865. The van der Waals surface area contributed by atoms with E-state index in [4.69, 9.17) is 11.6 Å². The Morgan fingerprint density at radius 3 is 2.69 bits per heavy atom. The molecule has 0 saturated heterocycles. The Kier molecular flexibility index (Phi) is 3.01. The third-order valence-electron chi connectivity index (χ3n) is 3.02. The van der Waals surface area contributed by atoms with Crippen LogP contribution in [0.4, 0.5) is 5.69 Å². The third-order valence-corrected chi connectivity index (χ3v) is 4.25. The van der Waals surface area contributed by atoms with Crippen LogP contribution in [0.1, 0.15) is 20.3 Å². The molecule has 1 atom stereocenters. The van der Waals surface area contributed by atoms with Gasteiger partial charge in [0.05, 0.1) is 5.02 Å². The number of rotatable bonds is 2. The molecule has 0 spiro atoms. The summed E-state index contributed by atoms with van der Waals surface area (Å²) in [6.45, 7) is 4.21. The monoisotopic (exact) mass is 301 g/mol. The van der Waals surface area contributed by atoms with E-state index in [1.54, 1.807) is 6.07 Å². The summed E-state index contributed by atoms with van der Waals surface area (Å²) in [5.74, 6) is 0.221. The number of nitrogens with one attached hydrogen (secondary N) is 1. The summed E-state index contributed by atoms with van der Waals surface area (Å²) in [4.78, 5) is 11.8. The zero-order valence-electron chi connectivity index (χ0n) is 9.18. The van der Waals surface area contributed by atoms with Crippen LogP contribution in [0.2, 0.25) is 5.02 Å². The first-order chi connectivity index (χ1) is 7.40. The lowest BCUT2D eigenvalue weighted by atomic mass is 10.1. The number of carbonyl (C=O) groups is 1. The van der Waals surface area contributed by atoms with Gasteiger partial charge >= 0.3 is 0 Å². The molecular formula is C12H13BrClNO. The number of halogens is 2. The van der Waals surface area contributed by atoms with E-state index in [0.717, 1.165) is 16.6 Å². The summed E-state index contributed by atoms with van der Waals surface area (Å²) in [6, 6.07) is 5.41. The molecule has 0 aliphatic heterocycles. The fourth-order valence-corrected chi connectivity index (χ4v) is 2.15. The van der Waals surface area contributed by atoms with Gasteiger partial charge in [-0.25, -0.2) is 0 Å². The molecule has 1 aliphatic carbocycles. The number of carbonyl (C=O) groups excluding carboxylic acids is 1. The number of benzene rings is 1. The Bertz CT molecular complexity index is 445. The van der Waals surface area contributed by atoms with Crippen LogP contribution >= 0.6 is 27.5 Å². The molecule has 0 bridgehead atoms. The van der Waals surface area contributed by atoms with Gasteiger partial charge < -0.3 is 5.32 Å². The predicted octanol–water partition coefficient (Wildman–Crippen LogP) is 4.09. The van der Waals surface area contributed by atoms with Gasteiger partial charge in [-0.3, -0.25) is 4.79 Å². The average molecular weight is 303 g/mol. The first-order valence-corrected chi connectivity index (χ1v) is 6.33. The van der Waals surface area contributed by atoms with Crippen LogP contribution in [0.3, 0.4) is 0 Å². The molecule has 0 aromatic heterocycles. The van der Waals surface area contributed by atoms with Gasteiger partial charge in [0.2, 0.25) is 5.91 Å². The number of anilines is 1. The van der Waals surface area contributed by atoms with Gasteiger partial charge in [-0.1, -0.05) is 25.4 Å². The molecule has 86 valence electrons. The first kappa shape index (κ1) is 11.9. The van der Waals surface area contributed by atoms with Crippen molar-refractivity contribution in [2.75, 3.05) is 5.32 Å². The number of hydrogen-bond donors (Lipinski definition) is 1. The van der Waals surface area contributed by atoms with E-state index in [2.05, 4.69) is 35.1 Å². The zero-order valence-corrected chi connectivity index (χ0v) is 11.5. The Morgan fingerprint density at radius 2 is 2.19 bits per heavy atom. The maximum absolute atomic E-state index is 11.8. The molecule has 4 heteroatoms. The molecular weight excluding hydrogens is 289 g/mol. The lowest BCUT2D eigenvalue weighted by Gasteiger charge is -2.07. The van der Waals surface area contributed by atoms with Crippen molar-refractivity contribution < 1.29 is 4.79 Å². The predicted molar refractivity (Wildman–Crippen MR) is 69.7 cm³/mol. The minimum Gasteiger partial charge on any atom is -0.326 e. The molecule has 1 aromatic carbocycles. The van der Waals surface area contributed by atoms with E-state index < -0.39 is 0 Å². The van der Waals surface area contributed by atoms with E-state index in [1.165, 1.54) is 0 Å². The SMILES string of the molecule is CC1(C)CC1C(=O)Nc1ccc(Br)c(Cl)c1. The Hall–Kier alpha value is -0.540. The van der Waals surface area contributed by atoms with Gasteiger partial charge in [0.1, 0.15) is 0 Å². The van der Waals surface area contributed by atoms with Crippen LogP contribution in [-0.4, -0.2) is 5.91 Å². The van der Waals surface area contributed by atoms with Crippen LogP contribution in [-0.2, 0) is 4.79 Å². The maximum Gasteiger partial charge on any atom is 0.228 e. The average Bonchev–Trinajstić information content (AvgIpc) is 2.82. The molecule has 1 amide bonds. The molecule has 1 N–H and O–H groups in total. The molecule has 0 radical (unpaired) electrons. The summed E-state index contributed by atoms with van der Waals surface area (Å²) in [6.07, 6.45) is 0.961. The fraction of sp³-hybridized carbons (Fsp3) is 0.417. The highest BCUT2D eigenvalue weighted by Crippen LogP contribution is 2.52.